The van der Waals surface area contributed by atoms with E-state index in [0.717, 1.165) is 17.0 Å². The van der Waals surface area contributed by atoms with Gasteiger partial charge in [0.1, 0.15) is 16.5 Å². The van der Waals surface area contributed by atoms with E-state index in [4.69, 9.17) is 11.6 Å². The van der Waals surface area contributed by atoms with Crippen LogP contribution in [0.3, 0.4) is 0 Å². The minimum Gasteiger partial charge on any atom is -0.492 e. The molecule has 1 fully saturated rings. The van der Waals surface area contributed by atoms with E-state index < -0.39 is 58.3 Å². The first-order chi connectivity index (χ1) is 15.5. The fourth-order valence-corrected chi connectivity index (χ4v) is 3.98. The zero-order chi connectivity index (χ0) is 24.1. The highest BCUT2D eigenvalue weighted by molar-refractivity contribution is 6.33. The summed E-state index contributed by atoms with van der Waals surface area (Å²) in [5.74, 6) is -2.72. The highest BCUT2D eigenvalue weighted by Crippen LogP contribution is 2.37. The van der Waals surface area contributed by atoms with Crippen molar-refractivity contribution in [3.8, 4) is 11.6 Å². The number of oxazole rings is 1. The highest BCUT2D eigenvalue weighted by atomic mass is 35.5. The summed E-state index contributed by atoms with van der Waals surface area (Å²) < 4.78 is 75.9. The predicted molar refractivity (Wildman–Crippen MR) is 101 cm³/mol. The number of hydrogen-bond acceptors (Lipinski definition) is 6. The van der Waals surface area contributed by atoms with Gasteiger partial charge in [0.2, 0.25) is 5.88 Å². The summed E-state index contributed by atoms with van der Waals surface area (Å²) in [7, 11) is 0. The molecule has 4 rings (SSSR count). The third-order valence-electron chi connectivity index (χ3n) is 5.20. The average Bonchev–Trinajstić information content (AvgIpc) is 3.25. The van der Waals surface area contributed by atoms with Gasteiger partial charge in [0, 0.05) is 19.1 Å². The number of fused-ring (bicyclic) bond motifs is 1. The number of pyridine rings is 1. The zero-order valence-corrected chi connectivity index (χ0v) is 17.1. The van der Waals surface area contributed by atoms with Gasteiger partial charge in [0.25, 0.3) is 5.91 Å². The standard InChI is InChI=1S/C18H14ClF5N4O5/c19-13-12(15(30)26-3-1-8(2-4-26)28-11(29)7-32-17(28)31)25-14-10(18(22,23)24)5-9(6-27(13)14)33-16(20)21/h5-8,16,29H,1-4H2. The number of alkyl halides is 5. The van der Waals surface area contributed by atoms with Crippen LogP contribution >= 0.6 is 11.6 Å². The number of halogens is 6. The summed E-state index contributed by atoms with van der Waals surface area (Å²) >= 11 is 6.10. The number of rotatable bonds is 4. The molecule has 9 nitrogen and oxygen atoms in total. The van der Waals surface area contributed by atoms with Crippen molar-refractivity contribution in [2.75, 3.05) is 13.1 Å². The van der Waals surface area contributed by atoms with Crippen molar-refractivity contribution < 1.29 is 41.0 Å². The number of ether oxygens (including phenoxy) is 1. The highest BCUT2D eigenvalue weighted by Gasteiger charge is 2.37. The van der Waals surface area contributed by atoms with Gasteiger partial charge in [-0.1, -0.05) is 11.6 Å². The van der Waals surface area contributed by atoms with Crippen molar-refractivity contribution in [3.63, 3.8) is 0 Å². The smallest absolute Gasteiger partial charge is 0.422 e. The number of aromatic nitrogens is 3. The van der Waals surface area contributed by atoms with Crippen molar-refractivity contribution in [2.45, 2.75) is 31.7 Å². The normalized spacial score (nSPS) is 15.5. The Morgan fingerprint density at radius 3 is 2.52 bits per heavy atom. The van der Waals surface area contributed by atoms with Crippen LogP contribution in [0.4, 0.5) is 22.0 Å². The van der Waals surface area contributed by atoms with Gasteiger partial charge in [0.05, 0.1) is 6.20 Å². The van der Waals surface area contributed by atoms with Crippen molar-refractivity contribution in [1.29, 1.82) is 0 Å². The molecule has 4 heterocycles. The second-order valence-corrected chi connectivity index (χ2v) is 7.52. The quantitative estimate of drug-likeness (QED) is 0.554. The Morgan fingerprint density at radius 2 is 1.97 bits per heavy atom. The van der Waals surface area contributed by atoms with Crippen molar-refractivity contribution >= 4 is 23.2 Å². The third kappa shape index (κ3) is 4.21. The van der Waals surface area contributed by atoms with Crippen molar-refractivity contribution in [3.05, 3.63) is 45.5 Å². The van der Waals surface area contributed by atoms with Gasteiger partial charge >= 0.3 is 18.5 Å². The molecule has 0 saturated carbocycles. The Hall–Kier alpha value is -3.29. The Labute approximate surface area is 185 Å². The molecule has 1 amide bonds. The lowest BCUT2D eigenvalue weighted by Gasteiger charge is -2.31. The number of aromatic hydroxyl groups is 1. The molecule has 3 aromatic rings. The Balaban J connectivity index is 1.64. The van der Waals surface area contributed by atoms with Crippen LogP contribution in [0.15, 0.2) is 27.7 Å². The second kappa shape index (κ2) is 8.24. The molecule has 33 heavy (non-hydrogen) atoms. The van der Waals surface area contributed by atoms with Crippen molar-refractivity contribution in [2.24, 2.45) is 0 Å². The molecule has 0 bridgehead atoms. The van der Waals surface area contributed by atoms with E-state index in [0.29, 0.717) is 10.5 Å². The number of nitrogens with zero attached hydrogens (tertiary/aromatic N) is 4. The molecule has 1 aliphatic heterocycles. The summed E-state index contributed by atoms with van der Waals surface area (Å²) in [6.45, 7) is -3.22. The summed E-state index contributed by atoms with van der Waals surface area (Å²) in [5, 5.41) is 9.22. The monoisotopic (exact) mass is 496 g/mol. The summed E-state index contributed by atoms with van der Waals surface area (Å²) in [6.07, 6.45) is -2.84. The van der Waals surface area contributed by atoms with Crippen LogP contribution in [0.5, 0.6) is 11.6 Å². The van der Waals surface area contributed by atoms with Gasteiger partial charge < -0.3 is 19.2 Å². The van der Waals surface area contributed by atoms with E-state index in [1.165, 1.54) is 4.90 Å². The van der Waals surface area contributed by atoms with Crippen LogP contribution in [0.2, 0.25) is 5.15 Å². The number of hydrogen-bond donors (Lipinski definition) is 1. The lowest BCUT2D eigenvalue weighted by atomic mass is 10.0. The van der Waals surface area contributed by atoms with Gasteiger partial charge in [-0.2, -0.15) is 22.0 Å². The van der Waals surface area contributed by atoms with Crippen LogP contribution in [0.25, 0.3) is 5.65 Å². The van der Waals surface area contributed by atoms with Crippen LogP contribution in [0, 0.1) is 0 Å². The maximum absolute atomic E-state index is 13.5. The molecule has 15 heteroatoms. The zero-order valence-electron chi connectivity index (χ0n) is 16.4. The molecular weight excluding hydrogens is 483 g/mol. The number of carbonyl (C=O) groups excluding carboxylic acids is 1. The van der Waals surface area contributed by atoms with Gasteiger partial charge in [0.15, 0.2) is 17.6 Å². The Morgan fingerprint density at radius 1 is 1.30 bits per heavy atom. The molecule has 0 aromatic carbocycles. The molecule has 1 N–H and O–H groups in total. The number of piperidine rings is 1. The van der Waals surface area contributed by atoms with E-state index in [1.807, 2.05) is 0 Å². The van der Waals surface area contributed by atoms with E-state index in [2.05, 4.69) is 14.1 Å². The summed E-state index contributed by atoms with van der Waals surface area (Å²) in [5.41, 5.74) is -2.66. The Bertz CT molecular complexity index is 1260. The van der Waals surface area contributed by atoms with Crippen LogP contribution in [0.1, 0.15) is 34.9 Å². The van der Waals surface area contributed by atoms with Crippen LogP contribution in [-0.2, 0) is 6.18 Å². The van der Waals surface area contributed by atoms with Gasteiger partial charge in [-0.05, 0) is 18.9 Å². The molecule has 0 spiro atoms. The van der Waals surface area contributed by atoms with E-state index in [1.54, 1.807) is 0 Å². The number of imidazole rings is 1. The number of likely N-dealkylation sites (tertiary alicyclic amines) is 1. The average molecular weight is 497 g/mol. The fourth-order valence-electron chi connectivity index (χ4n) is 3.73. The first kappa shape index (κ1) is 22.9. The van der Waals surface area contributed by atoms with Gasteiger partial charge in [-0.25, -0.2) is 14.3 Å². The number of carbonyl (C=O) groups is 1. The minimum absolute atomic E-state index is 0.0800. The summed E-state index contributed by atoms with van der Waals surface area (Å²) in [4.78, 5) is 29.7. The van der Waals surface area contributed by atoms with Crippen LogP contribution < -0.4 is 10.5 Å². The van der Waals surface area contributed by atoms with Gasteiger partial charge in [-0.15, -0.1) is 0 Å². The molecule has 1 aliphatic rings. The molecular formula is C18H14ClF5N4O5. The van der Waals surface area contributed by atoms with Crippen molar-refractivity contribution in [1.82, 2.24) is 18.9 Å². The largest absolute Gasteiger partial charge is 0.492 e. The summed E-state index contributed by atoms with van der Waals surface area (Å²) in [6, 6.07) is -0.109. The molecule has 0 atom stereocenters. The molecule has 3 aromatic heterocycles. The van der Waals surface area contributed by atoms with Gasteiger partial charge in [-0.3, -0.25) is 9.20 Å². The maximum atomic E-state index is 13.5. The first-order valence-electron chi connectivity index (χ1n) is 9.39. The number of amides is 1. The lowest BCUT2D eigenvalue weighted by Crippen LogP contribution is -2.40. The molecule has 0 unspecified atom stereocenters. The second-order valence-electron chi connectivity index (χ2n) is 7.16. The first-order valence-corrected chi connectivity index (χ1v) is 9.77. The third-order valence-corrected chi connectivity index (χ3v) is 5.56. The van der Waals surface area contributed by atoms with E-state index in [-0.39, 0.29) is 31.8 Å². The maximum Gasteiger partial charge on any atom is 0.422 e. The van der Waals surface area contributed by atoms with E-state index in [9.17, 15) is 36.6 Å². The lowest BCUT2D eigenvalue weighted by molar-refractivity contribution is -0.137. The topological polar surface area (TPSA) is 102 Å². The Kier molecular flexibility index (Phi) is 5.72. The molecule has 0 radical (unpaired) electrons. The molecule has 178 valence electrons. The van der Waals surface area contributed by atoms with Crippen LogP contribution in [-0.4, -0.2) is 49.6 Å². The molecule has 1 saturated heterocycles. The van der Waals surface area contributed by atoms with E-state index >= 15 is 0 Å². The fraction of sp³-hybridized carbons (Fsp3) is 0.389. The predicted octanol–water partition coefficient (Wildman–Crippen LogP) is 3.55. The SMILES string of the molecule is O=C(c1nc2c(C(F)(F)F)cc(OC(F)F)cn2c1Cl)N1CCC(n2c(O)coc2=O)CC1. The minimum atomic E-state index is -4.99. The molecule has 0 aliphatic carbocycles.